The molecule has 3 aromatic rings. The van der Waals surface area contributed by atoms with Crippen LogP contribution >= 0.6 is 0 Å². The van der Waals surface area contributed by atoms with Crippen molar-refractivity contribution in [2.45, 2.75) is 37.8 Å². The Kier molecular flexibility index (Phi) is 7.55. The normalized spacial score (nSPS) is 12.5. The molecule has 0 fully saturated rings. The monoisotopic (exact) mass is 473 g/mol. The van der Waals surface area contributed by atoms with Gasteiger partial charge in [-0.15, -0.1) is 0 Å². The molecule has 2 aromatic carbocycles. The Morgan fingerprint density at radius 1 is 1.12 bits per heavy atom. The molecule has 1 aromatic heterocycles. The van der Waals surface area contributed by atoms with E-state index in [1.807, 2.05) is 38.9 Å². The predicted octanol–water partition coefficient (Wildman–Crippen LogP) is 4.73. The summed E-state index contributed by atoms with van der Waals surface area (Å²) in [5, 5.41) is 2.78. The molecule has 7 nitrogen and oxygen atoms in total. The summed E-state index contributed by atoms with van der Waals surface area (Å²) >= 11 is 0. The number of carbonyl (C=O) groups excluding carboxylic acids is 1. The highest BCUT2D eigenvalue weighted by Gasteiger charge is 2.29. The molecule has 0 aliphatic rings. The Balaban J connectivity index is 1.98. The molecule has 33 heavy (non-hydrogen) atoms. The molecule has 1 amide bonds. The van der Waals surface area contributed by atoms with E-state index in [-0.39, 0.29) is 23.2 Å². The first-order valence-electron chi connectivity index (χ1n) is 10.6. The average molecular weight is 474 g/mol. The van der Waals surface area contributed by atoms with Crippen molar-refractivity contribution < 1.29 is 22.0 Å². The van der Waals surface area contributed by atoms with Gasteiger partial charge in [0.05, 0.1) is 11.2 Å². The highest BCUT2D eigenvalue weighted by Crippen LogP contribution is 2.29. The number of carbonyl (C=O) groups is 1. The van der Waals surface area contributed by atoms with Crippen molar-refractivity contribution >= 4 is 27.3 Å². The molecule has 1 N–H and O–H groups in total. The highest BCUT2D eigenvalue weighted by atomic mass is 32.2. The third kappa shape index (κ3) is 5.61. The fourth-order valence-electron chi connectivity index (χ4n) is 3.42. The van der Waals surface area contributed by atoms with Gasteiger partial charge in [0.2, 0.25) is 10.0 Å². The van der Waals surface area contributed by atoms with Gasteiger partial charge < -0.3 is 14.6 Å². The van der Waals surface area contributed by atoms with Gasteiger partial charge in [-0.2, -0.15) is 4.31 Å². The summed E-state index contributed by atoms with van der Waals surface area (Å²) in [4.78, 5) is 14.3. The predicted molar refractivity (Wildman–Crippen MR) is 126 cm³/mol. The molecule has 176 valence electrons. The van der Waals surface area contributed by atoms with Gasteiger partial charge in [0.25, 0.3) is 5.91 Å². The van der Waals surface area contributed by atoms with Crippen molar-refractivity contribution in [1.29, 1.82) is 0 Å². The van der Waals surface area contributed by atoms with Crippen LogP contribution in [0.1, 0.15) is 36.4 Å². The summed E-state index contributed by atoms with van der Waals surface area (Å²) in [7, 11) is -0.169. The molecule has 0 bridgehead atoms. The average Bonchev–Trinajstić information content (AvgIpc) is 3.32. The van der Waals surface area contributed by atoms with Crippen molar-refractivity contribution in [2.24, 2.45) is 0 Å². The molecule has 0 spiro atoms. The van der Waals surface area contributed by atoms with Crippen molar-refractivity contribution in [3.63, 3.8) is 0 Å². The van der Waals surface area contributed by atoms with E-state index in [4.69, 9.17) is 4.42 Å². The van der Waals surface area contributed by atoms with Crippen LogP contribution in [0.3, 0.4) is 0 Å². The van der Waals surface area contributed by atoms with E-state index in [0.29, 0.717) is 17.7 Å². The van der Waals surface area contributed by atoms with Crippen LogP contribution in [-0.2, 0) is 16.6 Å². The summed E-state index contributed by atoms with van der Waals surface area (Å²) in [6.45, 7) is 3.82. The second kappa shape index (κ2) is 10.2. The fraction of sp³-hybridized carbons (Fsp3) is 0.292. The minimum absolute atomic E-state index is 0.0258. The molecular weight excluding hydrogens is 445 g/mol. The Morgan fingerprint density at radius 2 is 1.82 bits per heavy atom. The van der Waals surface area contributed by atoms with Gasteiger partial charge in [0.1, 0.15) is 5.82 Å². The van der Waals surface area contributed by atoms with Gasteiger partial charge in [-0.1, -0.05) is 6.92 Å². The van der Waals surface area contributed by atoms with E-state index in [9.17, 15) is 17.6 Å². The van der Waals surface area contributed by atoms with Crippen molar-refractivity contribution in [1.82, 2.24) is 4.31 Å². The minimum Gasteiger partial charge on any atom is -0.459 e. The lowest BCUT2D eigenvalue weighted by atomic mass is 10.1. The molecule has 3 rings (SSSR count). The van der Waals surface area contributed by atoms with Crippen molar-refractivity contribution in [2.75, 3.05) is 24.3 Å². The largest absolute Gasteiger partial charge is 0.459 e. The Morgan fingerprint density at radius 3 is 2.39 bits per heavy atom. The number of halogens is 1. The zero-order valence-electron chi connectivity index (χ0n) is 19.1. The minimum atomic E-state index is -3.90. The van der Waals surface area contributed by atoms with E-state index in [1.54, 1.807) is 24.3 Å². The number of furan rings is 1. The number of amides is 1. The number of nitrogens with zero attached hydrogens (tertiary/aromatic N) is 2. The first kappa shape index (κ1) is 24.5. The van der Waals surface area contributed by atoms with Crippen LogP contribution in [0.5, 0.6) is 0 Å². The van der Waals surface area contributed by atoms with Crippen LogP contribution < -0.4 is 10.2 Å². The van der Waals surface area contributed by atoms with Gasteiger partial charge in [0, 0.05) is 38.1 Å². The Bertz CT molecular complexity index is 1190. The van der Waals surface area contributed by atoms with E-state index >= 15 is 0 Å². The molecule has 1 atom stereocenters. The molecule has 0 aliphatic heterocycles. The maximum Gasteiger partial charge on any atom is 0.291 e. The summed E-state index contributed by atoms with van der Waals surface area (Å²) in [6.07, 6.45) is 2.01. The topological polar surface area (TPSA) is 82.9 Å². The van der Waals surface area contributed by atoms with E-state index < -0.39 is 21.7 Å². The number of benzene rings is 2. The quantitative estimate of drug-likeness (QED) is 0.486. The third-order valence-corrected chi connectivity index (χ3v) is 7.37. The standard InChI is InChI=1S/C24H28FN3O4S/c1-5-17(2)28(33(30,31)21-11-8-19(25)9-12-21)16-18-15-20(10-13-22(18)27(3)4)26-24(29)23-7-6-14-32-23/h6-15,17H,5,16H2,1-4H3,(H,26,29)/t17-/m0/s1. The van der Waals surface area contributed by atoms with Gasteiger partial charge in [0.15, 0.2) is 5.76 Å². The SMILES string of the molecule is CC[C@H](C)N(Cc1cc(NC(=O)c2ccco2)ccc1N(C)C)S(=O)(=O)c1ccc(F)cc1. The fourth-order valence-corrected chi connectivity index (χ4v) is 5.10. The molecule has 0 aliphatic carbocycles. The maximum atomic E-state index is 13.5. The first-order valence-corrected chi connectivity index (χ1v) is 12.0. The zero-order chi connectivity index (χ0) is 24.2. The molecule has 1 heterocycles. The molecule has 0 saturated heterocycles. The van der Waals surface area contributed by atoms with E-state index in [2.05, 4.69) is 5.32 Å². The number of nitrogens with one attached hydrogen (secondary N) is 1. The second-order valence-corrected chi connectivity index (χ2v) is 9.82. The molecule has 0 unspecified atom stereocenters. The lowest BCUT2D eigenvalue weighted by molar-refractivity contribution is 0.0996. The van der Waals surface area contributed by atoms with Crippen molar-refractivity contribution in [3.05, 3.63) is 78.0 Å². The summed E-state index contributed by atoms with van der Waals surface area (Å²) < 4.78 is 46.8. The number of anilines is 2. The number of hydrogen-bond donors (Lipinski definition) is 1. The number of hydrogen-bond acceptors (Lipinski definition) is 5. The molecular formula is C24H28FN3O4S. The molecule has 0 radical (unpaired) electrons. The number of rotatable bonds is 9. The van der Waals surface area contributed by atoms with Crippen LogP contribution in [0, 0.1) is 5.82 Å². The highest BCUT2D eigenvalue weighted by molar-refractivity contribution is 7.89. The van der Waals surface area contributed by atoms with Gasteiger partial charge in [-0.05, 0) is 73.5 Å². The number of sulfonamides is 1. The van der Waals surface area contributed by atoms with Gasteiger partial charge in [-0.25, -0.2) is 12.8 Å². The smallest absolute Gasteiger partial charge is 0.291 e. The van der Waals surface area contributed by atoms with Crippen LogP contribution in [0.4, 0.5) is 15.8 Å². The second-order valence-electron chi connectivity index (χ2n) is 7.93. The Labute approximate surface area is 193 Å². The molecule has 9 heteroatoms. The van der Waals surface area contributed by atoms with Crippen molar-refractivity contribution in [3.8, 4) is 0 Å². The third-order valence-electron chi connectivity index (χ3n) is 5.39. The first-order chi connectivity index (χ1) is 15.6. The summed E-state index contributed by atoms with van der Waals surface area (Å²) in [5.74, 6) is -0.728. The summed E-state index contributed by atoms with van der Waals surface area (Å²) in [5.41, 5.74) is 2.04. The van der Waals surface area contributed by atoms with Crippen LogP contribution in [0.2, 0.25) is 0 Å². The lowest BCUT2D eigenvalue weighted by Gasteiger charge is -2.30. The van der Waals surface area contributed by atoms with Crippen LogP contribution in [0.15, 0.2) is 70.2 Å². The van der Waals surface area contributed by atoms with Crippen LogP contribution in [0.25, 0.3) is 0 Å². The summed E-state index contributed by atoms with van der Waals surface area (Å²) in [6, 6.07) is 13.0. The van der Waals surface area contributed by atoms with E-state index in [1.165, 1.54) is 22.7 Å². The molecule has 0 saturated carbocycles. The Hall–Kier alpha value is -3.17. The lowest BCUT2D eigenvalue weighted by Crippen LogP contribution is -2.38. The zero-order valence-corrected chi connectivity index (χ0v) is 19.9. The van der Waals surface area contributed by atoms with E-state index in [0.717, 1.165) is 17.8 Å². The van der Waals surface area contributed by atoms with Crippen LogP contribution in [-0.4, -0.2) is 38.8 Å². The maximum absolute atomic E-state index is 13.5. The van der Waals surface area contributed by atoms with Gasteiger partial charge >= 0.3 is 0 Å². The van der Waals surface area contributed by atoms with Gasteiger partial charge in [-0.3, -0.25) is 4.79 Å².